The molecule has 1 saturated carbocycles. The molecule has 1 saturated heterocycles. The van der Waals surface area contributed by atoms with Crippen LogP contribution in [0.2, 0.25) is 0 Å². The van der Waals surface area contributed by atoms with E-state index < -0.39 is 17.5 Å². The van der Waals surface area contributed by atoms with Gasteiger partial charge in [0.15, 0.2) is 0 Å². The Morgan fingerprint density at radius 2 is 2.21 bits per heavy atom. The molecule has 0 bridgehead atoms. The van der Waals surface area contributed by atoms with Crippen molar-refractivity contribution in [2.75, 3.05) is 11.9 Å². The van der Waals surface area contributed by atoms with E-state index in [9.17, 15) is 14.4 Å². The zero-order valence-electron chi connectivity index (χ0n) is 14.0. The van der Waals surface area contributed by atoms with Gasteiger partial charge in [0.05, 0.1) is 0 Å². The summed E-state index contributed by atoms with van der Waals surface area (Å²) in [6.07, 6.45) is 5.15. The van der Waals surface area contributed by atoms with Crippen LogP contribution in [0.15, 0.2) is 18.3 Å². The fourth-order valence-corrected chi connectivity index (χ4v) is 3.51. The summed E-state index contributed by atoms with van der Waals surface area (Å²) < 4.78 is 0. The largest absolute Gasteiger partial charge is 0.325 e. The minimum Gasteiger partial charge on any atom is -0.323 e. The topological polar surface area (TPSA) is 91.4 Å². The van der Waals surface area contributed by atoms with E-state index in [4.69, 9.17) is 0 Å². The minimum atomic E-state index is -0.836. The maximum absolute atomic E-state index is 12.8. The van der Waals surface area contributed by atoms with Crippen LogP contribution in [0, 0.1) is 12.8 Å². The highest BCUT2D eigenvalue weighted by molar-refractivity contribution is 6.10. The number of amides is 4. The molecule has 1 aliphatic carbocycles. The molecule has 24 heavy (non-hydrogen) atoms. The Balaban J connectivity index is 1.68. The summed E-state index contributed by atoms with van der Waals surface area (Å²) in [5.41, 5.74) is 0.146. The first-order valence-electron chi connectivity index (χ1n) is 8.29. The molecule has 2 fully saturated rings. The van der Waals surface area contributed by atoms with Crippen molar-refractivity contribution < 1.29 is 14.4 Å². The number of aryl methyl sites for hydroxylation is 1. The van der Waals surface area contributed by atoms with E-state index in [1.54, 1.807) is 12.3 Å². The summed E-state index contributed by atoms with van der Waals surface area (Å²) in [5.74, 6) is -0.241. The van der Waals surface area contributed by atoms with Gasteiger partial charge >= 0.3 is 6.03 Å². The van der Waals surface area contributed by atoms with Crippen molar-refractivity contribution in [3.05, 3.63) is 23.9 Å². The number of imide groups is 1. The number of rotatable bonds is 3. The third-order valence-electron chi connectivity index (χ3n) is 4.98. The summed E-state index contributed by atoms with van der Waals surface area (Å²) >= 11 is 0. The molecule has 2 aliphatic rings. The maximum atomic E-state index is 12.8. The van der Waals surface area contributed by atoms with Crippen LogP contribution in [0.3, 0.4) is 0 Å². The van der Waals surface area contributed by atoms with E-state index in [2.05, 4.69) is 15.6 Å². The van der Waals surface area contributed by atoms with Gasteiger partial charge in [-0.25, -0.2) is 9.78 Å². The lowest BCUT2D eigenvalue weighted by Gasteiger charge is -2.36. The number of nitrogens with one attached hydrogen (secondary N) is 2. The van der Waals surface area contributed by atoms with E-state index in [-0.39, 0.29) is 18.4 Å². The summed E-state index contributed by atoms with van der Waals surface area (Å²) in [5, 5.41) is 5.45. The van der Waals surface area contributed by atoms with Gasteiger partial charge < -0.3 is 10.6 Å². The average Bonchev–Trinajstić information content (AvgIpc) is 2.78. The van der Waals surface area contributed by atoms with Crippen LogP contribution in [0.5, 0.6) is 0 Å². The van der Waals surface area contributed by atoms with Crippen molar-refractivity contribution in [1.82, 2.24) is 15.2 Å². The molecule has 1 aliphatic heterocycles. The third-order valence-corrected chi connectivity index (χ3v) is 4.98. The number of hydrogen-bond acceptors (Lipinski definition) is 4. The number of carbonyl (C=O) groups excluding carboxylic acids is 3. The summed E-state index contributed by atoms with van der Waals surface area (Å²) in [6.45, 7) is 3.59. The van der Waals surface area contributed by atoms with Crippen LogP contribution in [0.25, 0.3) is 0 Å². The lowest BCUT2D eigenvalue weighted by atomic mass is 9.73. The highest BCUT2D eigenvalue weighted by Gasteiger charge is 2.55. The Bertz CT molecular complexity index is 673. The van der Waals surface area contributed by atoms with Crippen molar-refractivity contribution >= 4 is 23.7 Å². The molecule has 1 aromatic rings. The number of nitrogens with zero attached hydrogens (tertiary/aromatic N) is 2. The maximum Gasteiger partial charge on any atom is 0.325 e. The molecular formula is C17H22N4O3. The van der Waals surface area contributed by atoms with Crippen LogP contribution in [0.4, 0.5) is 10.6 Å². The van der Waals surface area contributed by atoms with Crippen LogP contribution < -0.4 is 10.6 Å². The molecule has 1 spiro atoms. The number of carbonyl (C=O) groups is 3. The quantitative estimate of drug-likeness (QED) is 0.827. The summed E-state index contributed by atoms with van der Waals surface area (Å²) in [7, 11) is 0. The van der Waals surface area contributed by atoms with E-state index >= 15 is 0 Å². The van der Waals surface area contributed by atoms with E-state index in [0.29, 0.717) is 12.2 Å². The number of aromatic nitrogens is 1. The van der Waals surface area contributed by atoms with Crippen molar-refractivity contribution in [2.45, 2.75) is 45.1 Å². The normalized spacial score (nSPS) is 26.6. The van der Waals surface area contributed by atoms with E-state index in [0.717, 1.165) is 29.7 Å². The lowest BCUT2D eigenvalue weighted by molar-refractivity contribution is -0.136. The fourth-order valence-electron chi connectivity index (χ4n) is 3.51. The lowest BCUT2D eigenvalue weighted by Crippen LogP contribution is -2.54. The van der Waals surface area contributed by atoms with Gasteiger partial charge in [0.1, 0.15) is 17.9 Å². The molecule has 0 unspecified atom stereocenters. The smallest absolute Gasteiger partial charge is 0.323 e. The van der Waals surface area contributed by atoms with Gasteiger partial charge in [-0.3, -0.25) is 14.5 Å². The molecule has 3 rings (SSSR count). The van der Waals surface area contributed by atoms with Gasteiger partial charge in [-0.15, -0.1) is 0 Å². The second kappa shape index (κ2) is 6.22. The molecule has 2 heterocycles. The van der Waals surface area contributed by atoms with Gasteiger partial charge in [-0.1, -0.05) is 25.8 Å². The second-order valence-electron chi connectivity index (χ2n) is 6.71. The zero-order chi connectivity index (χ0) is 17.3. The Labute approximate surface area is 140 Å². The molecule has 0 aromatic carbocycles. The Kier molecular flexibility index (Phi) is 4.26. The number of hydrogen-bond donors (Lipinski definition) is 2. The Hall–Kier alpha value is -2.44. The van der Waals surface area contributed by atoms with Gasteiger partial charge in [0.25, 0.3) is 5.91 Å². The highest BCUT2D eigenvalue weighted by Crippen LogP contribution is 2.38. The highest BCUT2D eigenvalue weighted by atomic mass is 16.2. The van der Waals surface area contributed by atoms with Crippen molar-refractivity contribution in [1.29, 1.82) is 0 Å². The first-order valence-corrected chi connectivity index (χ1v) is 8.29. The molecule has 7 nitrogen and oxygen atoms in total. The van der Waals surface area contributed by atoms with Gasteiger partial charge in [-0.2, -0.15) is 0 Å². The SMILES string of the molecule is Cc1ccc(NC(=O)CN2C(=O)N[C@@]3(CCCC[C@H]3C)C2=O)nc1. The predicted molar refractivity (Wildman–Crippen MR) is 88.2 cm³/mol. The fraction of sp³-hybridized carbons (Fsp3) is 0.529. The van der Waals surface area contributed by atoms with Gasteiger partial charge in [0.2, 0.25) is 5.91 Å². The molecule has 128 valence electrons. The summed E-state index contributed by atoms with van der Waals surface area (Å²) in [6, 6.07) is 3.03. The molecule has 1 aromatic heterocycles. The number of pyridine rings is 1. The van der Waals surface area contributed by atoms with Crippen LogP contribution in [-0.4, -0.2) is 39.8 Å². The minimum absolute atomic E-state index is 0.0783. The third kappa shape index (κ3) is 2.86. The standard InChI is InChI=1S/C17H22N4O3/c1-11-6-7-13(18-9-11)19-14(22)10-21-15(23)17(20-16(21)24)8-4-3-5-12(17)2/h6-7,9,12H,3-5,8,10H2,1-2H3,(H,20,24)(H,18,19,22)/t12-,17-/m1/s1. The molecule has 0 radical (unpaired) electrons. The summed E-state index contributed by atoms with van der Waals surface area (Å²) in [4.78, 5) is 42.3. The first-order chi connectivity index (χ1) is 11.4. The first kappa shape index (κ1) is 16.4. The van der Waals surface area contributed by atoms with Crippen LogP contribution in [0.1, 0.15) is 38.2 Å². The molecule has 2 N–H and O–H groups in total. The zero-order valence-corrected chi connectivity index (χ0v) is 14.0. The van der Waals surface area contributed by atoms with Crippen molar-refractivity contribution in [2.24, 2.45) is 5.92 Å². The monoisotopic (exact) mass is 330 g/mol. The predicted octanol–water partition coefficient (Wildman–Crippen LogP) is 1.83. The van der Waals surface area contributed by atoms with E-state index in [1.807, 2.05) is 19.9 Å². The molecule has 7 heteroatoms. The molecular weight excluding hydrogens is 308 g/mol. The average molecular weight is 330 g/mol. The number of urea groups is 1. The van der Waals surface area contributed by atoms with Crippen molar-refractivity contribution in [3.8, 4) is 0 Å². The van der Waals surface area contributed by atoms with Gasteiger partial charge in [0, 0.05) is 6.20 Å². The van der Waals surface area contributed by atoms with Crippen molar-refractivity contribution in [3.63, 3.8) is 0 Å². The van der Waals surface area contributed by atoms with Crippen LogP contribution >= 0.6 is 0 Å². The molecule has 2 atom stereocenters. The Morgan fingerprint density at radius 3 is 2.88 bits per heavy atom. The van der Waals surface area contributed by atoms with Gasteiger partial charge in [-0.05, 0) is 37.3 Å². The molecule has 4 amide bonds. The second-order valence-corrected chi connectivity index (χ2v) is 6.71. The number of anilines is 1. The van der Waals surface area contributed by atoms with E-state index in [1.165, 1.54) is 0 Å². The van der Waals surface area contributed by atoms with Crippen LogP contribution in [-0.2, 0) is 9.59 Å². The Morgan fingerprint density at radius 1 is 1.42 bits per heavy atom.